The number of halogens is 3. The van der Waals surface area contributed by atoms with E-state index in [0.29, 0.717) is 11.8 Å². The molecule has 1 fully saturated rings. The van der Waals surface area contributed by atoms with Crippen molar-refractivity contribution < 1.29 is 18.0 Å². The Morgan fingerprint density at radius 2 is 1.95 bits per heavy atom. The summed E-state index contributed by atoms with van der Waals surface area (Å²) in [5, 5.41) is 0. The normalized spacial score (nSPS) is 22.6. The van der Waals surface area contributed by atoms with Crippen LogP contribution in [0, 0.1) is 5.92 Å². The Hall–Kier alpha value is -1.66. The minimum absolute atomic E-state index is 0.0231. The van der Waals surface area contributed by atoms with Crippen LogP contribution in [0.2, 0.25) is 0 Å². The highest BCUT2D eigenvalue weighted by atomic mass is 19.4. The highest BCUT2D eigenvalue weighted by Crippen LogP contribution is 2.45. The van der Waals surface area contributed by atoms with Crippen LogP contribution in [0.5, 0.6) is 0 Å². The number of aldehydes is 1. The zero-order chi connectivity index (χ0) is 14.3. The van der Waals surface area contributed by atoms with Gasteiger partial charge >= 0.3 is 6.18 Å². The molecule has 0 bridgehead atoms. The number of hydrogen-bond acceptors (Lipinski definition) is 4. The molecule has 4 nitrogen and oxygen atoms in total. The molecule has 1 aliphatic rings. The van der Waals surface area contributed by atoms with Crippen LogP contribution < -0.4 is 4.90 Å². The predicted octanol–water partition coefficient (Wildman–Crippen LogP) is 2.46. The lowest BCUT2D eigenvalue weighted by Gasteiger charge is -2.36. The average molecular weight is 273 g/mol. The molecular formula is C12H14F3N3O. The Morgan fingerprint density at radius 1 is 1.37 bits per heavy atom. The Balaban J connectivity index is 2.28. The summed E-state index contributed by atoms with van der Waals surface area (Å²) >= 11 is 0. The number of carbonyl (C=O) groups is 1. The zero-order valence-corrected chi connectivity index (χ0v) is 10.6. The molecule has 0 N–H and O–H groups in total. The summed E-state index contributed by atoms with van der Waals surface area (Å²) in [4.78, 5) is 20.0. The van der Waals surface area contributed by atoms with Gasteiger partial charge in [-0.3, -0.25) is 4.79 Å². The molecule has 0 radical (unpaired) electrons. The fraction of sp³-hybridized carbons (Fsp3) is 0.583. The third-order valence-corrected chi connectivity index (χ3v) is 3.62. The number of anilines is 1. The highest BCUT2D eigenvalue weighted by Gasteiger charge is 2.55. The van der Waals surface area contributed by atoms with Crippen molar-refractivity contribution in [3.8, 4) is 0 Å². The maximum Gasteiger partial charge on any atom is 0.394 e. The van der Waals surface area contributed by atoms with Crippen molar-refractivity contribution >= 4 is 12.2 Å². The van der Waals surface area contributed by atoms with Crippen LogP contribution in [0.15, 0.2) is 12.4 Å². The summed E-state index contributed by atoms with van der Waals surface area (Å²) in [5.74, 6) is -1.18. The van der Waals surface area contributed by atoms with Crippen molar-refractivity contribution in [2.75, 3.05) is 11.4 Å². The molecule has 2 heterocycles. The van der Waals surface area contributed by atoms with Gasteiger partial charge in [0.15, 0.2) is 6.29 Å². The Kier molecular flexibility index (Phi) is 3.24. The number of rotatable bonds is 2. The molecule has 1 atom stereocenters. The second-order valence-electron chi connectivity index (χ2n) is 5.12. The minimum Gasteiger partial charge on any atom is -0.335 e. The number of alkyl halides is 3. The van der Waals surface area contributed by atoms with Crippen LogP contribution in [-0.2, 0) is 0 Å². The van der Waals surface area contributed by atoms with Crippen molar-refractivity contribution in [1.82, 2.24) is 9.97 Å². The number of aromatic nitrogens is 2. The van der Waals surface area contributed by atoms with E-state index in [9.17, 15) is 18.0 Å². The smallest absolute Gasteiger partial charge is 0.335 e. The van der Waals surface area contributed by atoms with E-state index in [-0.39, 0.29) is 18.9 Å². The monoisotopic (exact) mass is 273 g/mol. The summed E-state index contributed by atoms with van der Waals surface area (Å²) < 4.78 is 38.9. The van der Waals surface area contributed by atoms with Crippen LogP contribution in [-0.4, -0.2) is 34.5 Å². The fourth-order valence-electron chi connectivity index (χ4n) is 2.54. The van der Waals surface area contributed by atoms with Gasteiger partial charge in [0.2, 0.25) is 5.95 Å². The third kappa shape index (κ3) is 2.41. The Morgan fingerprint density at radius 3 is 2.37 bits per heavy atom. The molecule has 0 aromatic carbocycles. The summed E-state index contributed by atoms with van der Waals surface area (Å²) in [7, 11) is 0. The lowest BCUT2D eigenvalue weighted by molar-refractivity contribution is -0.183. The minimum atomic E-state index is -4.24. The lowest BCUT2D eigenvalue weighted by atomic mass is 9.88. The van der Waals surface area contributed by atoms with Crippen LogP contribution >= 0.6 is 0 Å². The molecule has 0 aliphatic carbocycles. The quantitative estimate of drug-likeness (QED) is 0.776. The van der Waals surface area contributed by atoms with Crippen molar-refractivity contribution in [1.29, 1.82) is 0 Å². The molecule has 1 aromatic heterocycles. The second kappa shape index (κ2) is 4.47. The molecule has 1 saturated heterocycles. The molecule has 0 spiro atoms. The highest BCUT2D eigenvalue weighted by molar-refractivity contribution is 5.73. The summed E-state index contributed by atoms with van der Waals surface area (Å²) in [5.41, 5.74) is -0.797. The Bertz CT molecular complexity index is 470. The second-order valence-corrected chi connectivity index (χ2v) is 5.12. The molecular weight excluding hydrogens is 259 g/mol. The molecule has 1 unspecified atom stereocenters. The number of hydrogen-bond donors (Lipinski definition) is 0. The van der Waals surface area contributed by atoms with E-state index in [4.69, 9.17) is 0 Å². The molecule has 104 valence electrons. The molecule has 1 aliphatic heterocycles. The summed E-state index contributed by atoms with van der Waals surface area (Å²) in [6.45, 7) is 3.32. The van der Waals surface area contributed by atoms with Crippen LogP contribution in [0.25, 0.3) is 0 Å². The molecule has 1 aromatic rings. The first-order valence-corrected chi connectivity index (χ1v) is 5.88. The molecule has 0 saturated carbocycles. The average Bonchev–Trinajstić information content (AvgIpc) is 2.64. The largest absolute Gasteiger partial charge is 0.394 e. The van der Waals surface area contributed by atoms with E-state index < -0.39 is 17.6 Å². The van der Waals surface area contributed by atoms with Crippen molar-refractivity contribution in [2.45, 2.75) is 32.0 Å². The van der Waals surface area contributed by atoms with Crippen LogP contribution in [0.4, 0.5) is 19.1 Å². The van der Waals surface area contributed by atoms with E-state index in [1.807, 2.05) is 0 Å². The number of nitrogens with zero attached hydrogens (tertiary/aromatic N) is 3. The van der Waals surface area contributed by atoms with Crippen LogP contribution in [0.1, 0.15) is 30.6 Å². The predicted molar refractivity (Wildman–Crippen MR) is 63.0 cm³/mol. The van der Waals surface area contributed by atoms with Gasteiger partial charge in [0.1, 0.15) is 0 Å². The van der Waals surface area contributed by atoms with Crippen molar-refractivity contribution in [3.05, 3.63) is 18.0 Å². The van der Waals surface area contributed by atoms with E-state index in [1.54, 1.807) is 4.90 Å². The van der Waals surface area contributed by atoms with Crippen molar-refractivity contribution in [3.63, 3.8) is 0 Å². The first-order valence-electron chi connectivity index (χ1n) is 5.88. The fourth-order valence-corrected chi connectivity index (χ4v) is 2.54. The van der Waals surface area contributed by atoms with Gasteiger partial charge in [0, 0.05) is 24.5 Å². The van der Waals surface area contributed by atoms with Gasteiger partial charge in [0.05, 0.1) is 11.5 Å². The number of carbonyl (C=O) groups excluding carboxylic acids is 1. The van der Waals surface area contributed by atoms with E-state index in [1.165, 1.54) is 26.2 Å². The summed E-state index contributed by atoms with van der Waals surface area (Å²) in [6, 6.07) is 0. The summed E-state index contributed by atoms with van der Waals surface area (Å²) in [6.07, 6.45) is -0.994. The SMILES string of the molecule is CC1(C)C(C(F)(F)F)CCN1c1ncc(C=O)cn1. The first-order chi connectivity index (χ1) is 8.76. The van der Waals surface area contributed by atoms with E-state index >= 15 is 0 Å². The van der Waals surface area contributed by atoms with Gasteiger partial charge < -0.3 is 4.90 Å². The van der Waals surface area contributed by atoms with E-state index in [2.05, 4.69) is 9.97 Å². The maximum atomic E-state index is 13.0. The van der Waals surface area contributed by atoms with Gasteiger partial charge in [-0.15, -0.1) is 0 Å². The van der Waals surface area contributed by atoms with Gasteiger partial charge in [0.25, 0.3) is 0 Å². The maximum absolute atomic E-state index is 13.0. The zero-order valence-electron chi connectivity index (χ0n) is 10.6. The third-order valence-electron chi connectivity index (χ3n) is 3.62. The van der Waals surface area contributed by atoms with Gasteiger partial charge in [-0.05, 0) is 20.3 Å². The standard InChI is InChI=1S/C12H14F3N3O/c1-11(2)9(12(13,14)15)3-4-18(11)10-16-5-8(7-19)6-17-10/h5-7,9H,3-4H2,1-2H3. The first kappa shape index (κ1) is 13.8. The topological polar surface area (TPSA) is 46.1 Å². The molecule has 19 heavy (non-hydrogen) atoms. The van der Waals surface area contributed by atoms with Gasteiger partial charge in [-0.1, -0.05) is 0 Å². The molecule has 2 rings (SSSR count). The Labute approximate surface area is 108 Å². The van der Waals surface area contributed by atoms with Gasteiger partial charge in [-0.25, -0.2) is 9.97 Å². The lowest BCUT2D eigenvalue weighted by Crippen LogP contribution is -2.48. The van der Waals surface area contributed by atoms with E-state index in [0.717, 1.165) is 0 Å². The van der Waals surface area contributed by atoms with Gasteiger partial charge in [-0.2, -0.15) is 13.2 Å². The molecule has 0 amide bonds. The van der Waals surface area contributed by atoms with Crippen molar-refractivity contribution in [2.24, 2.45) is 5.92 Å². The molecule has 7 heteroatoms. The van der Waals surface area contributed by atoms with Crippen LogP contribution in [0.3, 0.4) is 0 Å².